The van der Waals surface area contributed by atoms with Gasteiger partial charge in [-0.2, -0.15) is 0 Å². The van der Waals surface area contributed by atoms with Crippen molar-refractivity contribution in [3.05, 3.63) is 47.5 Å². The van der Waals surface area contributed by atoms with Gasteiger partial charge in [0.25, 0.3) is 0 Å². The number of anilines is 1. The SMILES string of the molecule is Cc1cccc(C(C)C)c1NC(=O)C(C)N1CCCN(Cc2nccn2C(C)C)CC1. The molecule has 6 nitrogen and oxygen atoms in total. The number of nitrogens with zero attached hydrogens (tertiary/aromatic N) is 4. The third kappa shape index (κ3) is 5.74. The number of hydrogen-bond donors (Lipinski definition) is 1. The van der Waals surface area contributed by atoms with Gasteiger partial charge in [0.05, 0.1) is 12.6 Å². The predicted octanol–water partition coefficient (Wildman–Crippen LogP) is 4.43. The molecule has 2 heterocycles. The smallest absolute Gasteiger partial charge is 0.241 e. The molecule has 6 heteroatoms. The third-order valence-electron chi connectivity index (χ3n) is 6.40. The number of hydrogen-bond acceptors (Lipinski definition) is 4. The highest BCUT2D eigenvalue weighted by atomic mass is 16.2. The molecular weight excluding hydrogens is 386 g/mol. The second-order valence-corrected chi connectivity index (χ2v) is 9.37. The second-order valence-electron chi connectivity index (χ2n) is 9.37. The normalized spacial score (nSPS) is 17.2. The molecule has 0 spiro atoms. The first-order valence-corrected chi connectivity index (χ1v) is 11.7. The van der Waals surface area contributed by atoms with Gasteiger partial charge in [0.1, 0.15) is 5.82 Å². The fourth-order valence-corrected chi connectivity index (χ4v) is 4.41. The Labute approximate surface area is 187 Å². The average molecular weight is 426 g/mol. The number of carbonyl (C=O) groups excluding carboxylic acids is 1. The molecule has 1 saturated heterocycles. The molecule has 1 aromatic heterocycles. The van der Waals surface area contributed by atoms with E-state index in [4.69, 9.17) is 0 Å². The van der Waals surface area contributed by atoms with Crippen molar-refractivity contribution in [1.82, 2.24) is 19.4 Å². The van der Waals surface area contributed by atoms with E-state index in [1.54, 1.807) is 0 Å². The van der Waals surface area contributed by atoms with Crippen molar-refractivity contribution >= 4 is 11.6 Å². The first-order chi connectivity index (χ1) is 14.8. The van der Waals surface area contributed by atoms with Crippen LogP contribution in [0.25, 0.3) is 0 Å². The summed E-state index contributed by atoms with van der Waals surface area (Å²) in [6, 6.07) is 6.51. The zero-order chi connectivity index (χ0) is 22.5. The maximum Gasteiger partial charge on any atom is 0.241 e. The highest BCUT2D eigenvalue weighted by Crippen LogP contribution is 2.27. The van der Waals surface area contributed by atoms with Crippen molar-refractivity contribution in [3.63, 3.8) is 0 Å². The van der Waals surface area contributed by atoms with Gasteiger partial charge < -0.3 is 9.88 Å². The Balaban J connectivity index is 1.61. The molecule has 0 aliphatic carbocycles. The van der Waals surface area contributed by atoms with Crippen molar-refractivity contribution in [3.8, 4) is 0 Å². The largest absolute Gasteiger partial charge is 0.331 e. The lowest BCUT2D eigenvalue weighted by Crippen LogP contribution is -2.44. The summed E-state index contributed by atoms with van der Waals surface area (Å²) in [7, 11) is 0. The maximum atomic E-state index is 13.1. The minimum atomic E-state index is -0.155. The van der Waals surface area contributed by atoms with Crippen LogP contribution in [0.4, 0.5) is 5.69 Å². The Kier molecular flexibility index (Phi) is 7.89. The Bertz CT molecular complexity index is 873. The van der Waals surface area contributed by atoms with Gasteiger partial charge in [0.2, 0.25) is 5.91 Å². The van der Waals surface area contributed by atoms with Gasteiger partial charge in [-0.3, -0.25) is 14.6 Å². The summed E-state index contributed by atoms with van der Waals surface area (Å²) >= 11 is 0. The number of imidazole rings is 1. The van der Waals surface area contributed by atoms with Crippen LogP contribution in [-0.2, 0) is 11.3 Å². The van der Waals surface area contributed by atoms with Gasteiger partial charge in [-0.1, -0.05) is 32.0 Å². The quantitative estimate of drug-likeness (QED) is 0.713. The zero-order valence-corrected chi connectivity index (χ0v) is 20.1. The molecule has 1 fully saturated rings. The van der Waals surface area contributed by atoms with E-state index in [2.05, 4.69) is 83.7 Å². The summed E-state index contributed by atoms with van der Waals surface area (Å²) in [5, 5.41) is 3.24. The van der Waals surface area contributed by atoms with Gasteiger partial charge in [0, 0.05) is 43.8 Å². The van der Waals surface area contributed by atoms with Gasteiger partial charge in [-0.15, -0.1) is 0 Å². The molecular formula is C25H39N5O. The molecule has 1 atom stereocenters. The topological polar surface area (TPSA) is 53.4 Å². The molecule has 1 amide bonds. The molecule has 0 radical (unpaired) electrons. The van der Waals surface area contributed by atoms with Crippen molar-refractivity contribution in [2.45, 2.75) is 72.5 Å². The number of aryl methyl sites for hydroxylation is 1. The fraction of sp³-hybridized carbons (Fsp3) is 0.600. The van der Waals surface area contributed by atoms with E-state index in [0.717, 1.165) is 56.2 Å². The van der Waals surface area contributed by atoms with Crippen molar-refractivity contribution in [2.24, 2.45) is 0 Å². The summed E-state index contributed by atoms with van der Waals surface area (Å²) in [4.78, 5) is 22.5. The van der Waals surface area contributed by atoms with Gasteiger partial charge in [0.15, 0.2) is 0 Å². The van der Waals surface area contributed by atoms with Crippen LogP contribution >= 0.6 is 0 Å². The van der Waals surface area contributed by atoms with Crippen LogP contribution in [0, 0.1) is 6.92 Å². The highest BCUT2D eigenvalue weighted by Gasteiger charge is 2.25. The number of rotatable bonds is 7. The standard InChI is InChI=1S/C25H39N5O/c1-18(2)22-10-7-9-20(5)24(22)27-25(31)21(6)29-13-8-12-28(15-16-29)17-23-26-11-14-30(23)19(3)4/h7,9-11,14,18-19,21H,8,12-13,15-17H2,1-6H3,(H,27,31). The average Bonchev–Trinajstić information content (AvgIpc) is 3.06. The molecule has 3 rings (SSSR count). The first-order valence-electron chi connectivity index (χ1n) is 11.7. The second kappa shape index (κ2) is 10.4. The fourth-order valence-electron chi connectivity index (χ4n) is 4.41. The molecule has 1 aliphatic rings. The minimum absolute atomic E-state index is 0.0833. The lowest BCUT2D eigenvalue weighted by molar-refractivity contribution is -0.120. The predicted molar refractivity (Wildman–Crippen MR) is 127 cm³/mol. The molecule has 31 heavy (non-hydrogen) atoms. The van der Waals surface area contributed by atoms with E-state index in [0.29, 0.717) is 12.0 Å². The number of para-hydroxylation sites is 1. The summed E-state index contributed by atoms with van der Waals surface area (Å²) < 4.78 is 2.24. The molecule has 0 saturated carbocycles. The Morgan fingerprint density at radius 2 is 1.87 bits per heavy atom. The van der Waals surface area contributed by atoms with E-state index >= 15 is 0 Å². The monoisotopic (exact) mass is 425 g/mol. The Morgan fingerprint density at radius 3 is 2.58 bits per heavy atom. The van der Waals surface area contributed by atoms with Crippen LogP contribution in [0.2, 0.25) is 0 Å². The third-order valence-corrected chi connectivity index (χ3v) is 6.40. The van der Waals surface area contributed by atoms with E-state index < -0.39 is 0 Å². The lowest BCUT2D eigenvalue weighted by Gasteiger charge is -2.28. The summed E-state index contributed by atoms with van der Waals surface area (Å²) in [6.45, 7) is 17.5. The molecule has 1 N–H and O–H groups in total. The Hall–Kier alpha value is -2.18. The van der Waals surface area contributed by atoms with Gasteiger partial charge in [-0.05, 0) is 57.7 Å². The minimum Gasteiger partial charge on any atom is -0.331 e. The van der Waals surface area contributed by atoms with Crippen molar-refractivity contribution in [1.29, 1.82) is 0 Å². The van der Waals surface area contributed by atoms with E-state index in [-0.39, 0.29) is 11.9 Å². The highest BCUT2D eigenvalue weighted by molar-refractivity contribution is 5.96. The van der Waals surface area contributed by atoms with Crippen LogP contribution in [0.3, 0.4) is 0 Å². The number of amides is 1. The van der Waals surface area contributed by atoms with Crippen LogP contribution in [0.5, 0.6) is 0 Å². The Morgan fingerprint density at radius 1 is 1.10 bits per heavy atom. The van der Waals surface area contributed by atoms with E-state index in [1.165, 1.54) is 5.56 Å². The first kappa shape index (κ1) is 23.5. The molecule has 1 aromatic carbocycles. The van der Waals surface area contributed by atoms with E-state index in [1.807, 2.05) is 13.1 Å². The van der Waals surface area contributed by atoms with Crippen LogP contribution < -0.4 is 5.32 Å². The zero-order valence-electron chi connectivity index (χ0n) is 20.1. The van der Waals surface area contributed by atoms with Gasteiger partial charge in [-0.25, -0.2) is 4.98 Å². The van der Waals surface area contributed by atoms with Crippen molar-refractivity contribution < 1.29 is 4.79 Å². The maximum absolute atomic E-state index is 13.1. The van der Waals surface area contributed by atoms with Crippen LogP contribution in [-0.4, -0.2) is 57.5 Å². The van der Waals surface area contributed by atoms with Gasteiger partial charge >= 0.3 is 0 Å². The summed E-state index contributed by atoms with van der Waals surface area (Å²) in [6.07, 6.45) is 5.01. The number of carbonyl (C=O) groups is 1. The van der Waals surface area contributed by atoms with Crippen molar-refractivity contribution in [2.75, 3.05) is 31.5 Å². The lowest BCUT2D eigenvalue weighted by atomic mass is 9.98. The van der Waals surface area contributed by atoms with Crippen LogP contribution in [0.15, 0.2) is 30.6 Å². The molecule has 1 unspecified atom stereocenters. The molecule has 0 bridgehead atoms. The van der Waals surface area contributed by atoms with Crippen LogP contribution in [0.1, 0.15) is 70.0 Å². The molecule has 170 valence electrons. The number of aromatic nitrogens is 2. The summed E-state index contributed by atoms with van der Waals surface area (Å²) in [5.41, 5.74) is 3.30. The number of nitrogens with one attached hydrogen (secondary N) is 1. The molecule has 2 aromatic rings. The number of benzene rings is 1. The molecule has 1 aliphatic heterocycles. The summed E-state index contributed by atoms with van der Waals surface area (Å²) in [5.74, 6) is 1.57. The van der Waals surface area contributed by atoms with E-state index in [9.17, 15) is 4.79 Å².